The quantitative estimate of drug-likeness (QED) is 0.544. The van der Waals surface area contributed by atoms with Crippen molar-refractivity contribution in [3.63, 3.8) is 0 Å². The Balaban J connectivity index is 1.56. The Hall–Kier alpha value is -3.54. The Morgan fingerprint density at radius 1 is 1.19 bits per heavy atom. The number of carbonyl (C=O) groups excluding carboxylic acids is 1. The number of piperidine rings is 1. The Labute approximate surface area is 211 Å². The third-order valence-electron chi connectivity index (χ3n) is 6.50. The number of hydrogen-bond acceptors (Lipinski definition) is 7. The molecule has 0 aromatic carbocycles. The number of rotatable bonds is 5. The van der Waals surface area contributed by atoms with E-state index >= 15 is 0 Å². The number of nitrogens with zero attached hydrogens (tertiary/aromatic N) is 4. The SMILES string of the molecule is COC1C(C)CN(C(=O)c2ccc(OC(C)c3nc4c(=O)[nH]c(C)nc4cc3C(F)(F)F)nc2)CC1C. The summed E-state index contributed by atoms with van der Waals surface area (Å²) in [7, 11) is 1.67. The van der Waals surface area contributed by atoms with Crippen LogP contribution in [0.4, 0.5) is 13.2 Å². The summed E-state index contributed by atoms with van der Waals surface area (Å²) in [5, 5.41) is 0. The highest BCUT2D eigenvalue weighted by Gasteiger charge is 2.37. The fourth-order valence-corrected chi connectivity index (χ4v) is 4.90. The smallest absolute Gasteiger partial charge is 0.418 e. The molecule has 1 amide bonds. The number of fused-ring (bicyclic) bond motifs is 1. The summed E-state index contributed by atoms with van der Waals surface area (Å²) in [5.74, 6) is 0.318. The molecule has 0 aliphatic carbocycles. The van der Waals surface area contributed by atoms with Crippen LogP contribution in [-0.2, 0) is 10.9 Å². The minimum absolute atomic E-state index is 0.00911. The molecule has 0 radical (unpaired) electrons. The van der Waals surface area contributed by atoms with Crippen molar-refractivity contribution in [2.24, 2.45) is 11.8 Å². The van der Waals surface area contributed by atoms with Crippen molar-refractivity contribution in [3.8, 4) is 5.88 Å². The normalized spacial score (nSPS) is 21.2. The highest BCUT2D eigenvalue weighted by Crippen LogP contribution is 2.36. The van der Waals surface area contributed by atoms with E-state index in [1.807, 2.05) is 13.8 Å². The van der Waals surface area contributed by atoms with Crippen molar-refractivity contribution in [1.82, 2.24) is 24.8 Å². The first-order valence-electron chi connectivity index (χ1n) is 11.8. The molecule has 3 unspecified atom stereocenters. The number of alkyl halides is 3. The van der Waals surface area contributed by atoms with Crippen molar-refractivity contribution in [2.45, 2.75) is 46.1 Å². The zero-order chi connectivity index (χ0) is 27.1. The van der Waals surface area contributed by atoms with Crippen LogP contribution in [0.15, 0.2) is 29.2 Å². The van der Waals surface area contributed by atoms with Crippen LogP contribution in [0.5, 0.6) is 5.88 Å². The lowest BCUT2D eigenvalue weighted by molar-refractivity contribution is -0.139. The van der Waals surface area contributed by atoms with Gasteiger partial charge in [-0.2, -0.15) is 13.2 Å². The number of nitrogens with one attached hydrogen (secondary N) is 1. The summed E-state index contributed by atoms with van der Waals surface area (Å²) in [6.45, 7) is 7.99. The molecule has 37 heavy (non-hydrogen) atoms. The van der Waals surface area contributed by atoms with Crippen LogP contribution in [0.3, 0.4) is 0 Å². The molecule has 3 atom stereocenters. The summed E-state index contributed by atoms with van der Waals surface area (Å²) in [5.41, 5.74) is -2.23. The maximum Gasteiger partial charge on any atom is 0.418 e. The predicted octanol–water partition coefficient (Wildman–Crippen LogP) is 3.92. The number of aryl methyl sites for hydroxylation is 1. The van der Waals surface area contributed by atoms with Gasteiger partial charge in [-0.3, -0.25) is 9.59 Å². The van der Waals surface area contributed by atoms with Crippen LogP contribution in [0.2, 0.25) is 0 Å². The van der Waals surface area contributed by atoms with Gasteiger partial charge in [-0.15, -0.1) is 0 Å². The van der Waals surface area contributed by atoms with E-state index < -0.39 is 29.1 Å². The zero-order valence-corrected chi connectivity index (χ0v) is 21.1. The van der Waals surface area contributed by atoms with E-state index in [1.54, 1.807) is 12.0 Å². The molecule has 4 rings (SSSR count). The number of ether oxygens (including phenoxy) is 2. The number of hydrogen-bond donors (Lipinski definition) is 1. The number of methoxy groups -OCH3 is 1. The standard InChI is InChI=1S/C25H28F3N5O4/c1-12-10-33(11-13(2)22(12)36-5)24(35)16-6-7-19(29-9-16)37-14(3)20-17(25(26,27)28)8-18-21(32-20)23(34)31-15(4)30-18/h6-9,12-14,22H,10-11H2,1-5H3,(H,30,31,34). The average molecular weight is 520 g/mol. The van der Waals surface area contributed by atoms with Gasteiger partial charge in [0.1, 0.15) is 11.9 Å². The lowest BCUT2D eigenvalue weighted by atomic mass is 9.88. The maximum absolute atomic E-state index is 13.8. The first-order chi connectivity index (χ1) is 17.4. The fraction of sp³-hybridized carbons (Fsp3) is 0.480. The van der Waals surface area contributed by atoms with Crippen molar-refractivity contribution >= 4 is 16.9 Å². The Morgan fingerprint density at radius 3 is 2.43 bits per heavy atom. The van der Waals surface area contributed by atoms with E-state index in [0.717, 1.165) is 6.07 Å². The molecule has 3 aromatic rings. The molecular formula is C25H28F3N5O4. The number of aromatic amines is 1. The minimum Gasteiger partial charge on any atom is -0.468 e. The highest BCUT2D eigenvalue weighted by atomic mass is 19.4. The number of H-pyrrole nitrogens is 1. The highest BCUT2D eigenvalue weighted by molar-refractivity contribution is 5.94. The van der Waals surface area contributed by atoms with Crippen LogP contribution < -0.4 is 10.3 Å². The van der Waals surface area contributed by atoms with Crippen LogP contribution in [0.1, 0.15) is 54.3 Å². The van der Waals surface area contributed by atoms with Gasteiger partial charge in [0.05, 0.1) is 28.4 Å². The summed E-state index contributed by atoms with van der Waals surface area (Å²) >= 11 is 0. The van der Waals surface area contributed by atoms with Crippen molar-refractivity contribution in [3.05, 3.63) is 57.4 Å². The van der Waals surface area contributed by atoms with E-state index in [2.05, 4.69) is 19.9 Å². The van der Waals surface area contributed by atoms with Crippen LogP contribution in [-0.4, -0.2) is 57.0 Å². The molecule has 0 spiro atoms. The number of pyridine rings is 2. The van der Waals surface area contributed by atoms with Crippen LogP contribution >= 0.6 is 0 Å². The Kier molecular flexibility index (Phi) is 7.22. The topological polar surface area (TPSA) is 110 Å². The predicted molar refractivity (Wildman–Crippen MR) is 128 cm³/mol. The summed E-state index contributed by atoms with van der Waals surface area (Å²) in [6.07, 6.45) is -4.55. The third-order valence-corrected chi connectivity index (χ3v) is 6.50. The molecule has 1 aliphatic heterocycles. The lowest BCUT2D eigenvalue weighted by Crippen LogP contribution is -2.50. The molecule has 0 bridgehead atoms. The van der Waals surface area contributed by atoms with E-state index in [4.69, 9.17) is 9.47 Å². The van der Waals surface area contributed by atoms with Crippen molar-refractivity contribution in [1.29, 1.82) is 0 Å². The monoisotopic (exact) mass is 519 g/mol. The zero-order valence-electron chi connectivity index (χ0n) is 21.1. The largest absolute Gasteiger partial charge is 0.468 e. The van der Waals surface area contributed by atoms with Gasteiger partial charge in [0, 0.05) is 44.3 Å². The van der Waals surface area contributed by atoms with Crippen molar-refractivity contribution in [2.75, 3.05) is 20.2 Å². The molecule has 9 nitrogen and oxygen atoms in total. The molecule has 1 saturated heterocycles. The summed E-state index contributed by atoms with van der Waals surface area (Å²) in [6, 6.07) is 3.74. The summed E-state index contributed by atoms with van der Waals surface area (Å²) in [4.78, 5) is 41.5. The number of carbonyl (C=O) groups is 1. The fourth-order valence-electron chi connectivity index (χ4n) is 4.90. The number of halogens is 3. The lowest BCUT2D eigenvalue weighted by Gasteiger charge is -2.40. The first kappa shape index (κ1) is 26.5. The van der Waals surface area contributed by atoms with E-state index in [-0.39, 0.29) is 46.6 Å². The van der Waals surface area contributed by atoms with Gasteiger partial charge in [0.2, 0.25) is 5.88 Å². The molecule has 1 N–H and O–H groups in total. The van der Waals surface area contributed by atoms with Gasteiger partial charge in [-0.1, -0.05) is 13.8 Å². The number of aromatic nitrogens is 4. The second-order valence-corrected chi connectivity index (χ2v) is 9.45. The number of amides is 1. The number of likely N-dealkylation sites (tertiary alicyclic amines) is 1. The third kappa shape index (κ3) is 5.43. The van der Waals surface area contributed by atoms with Crippen LogP contribution in [0, 0.1) is 18.8 Å². The Morgan fingerprint density at radius 2 is 1.86 bits per heavy atom. The minimum atomic E-state index is -4.75. The molecule has 4 heterocycles. The molecule has 198 valence electrons. The van der Waals surface area contributed by atoms with Gasteiger partial charge < -0.3 is 19.4 Å². The summed E-state index contributed by atoms with van der Waals surface area (Å²) < 4.78 is 52.6. The molecule has 12 heteroatoms. The second kappa shape index (κ2) is 10.1. The Bertz CT molecular complexity index is 1350. The molecular weight excluding hydrogens is 491 g/mol. The van der Waals surface area contributed by atoms with E-state index in [1.165, 1.54) is 32.2 Å². The van der Waals surface area contributed by atoms with E-state index in [0.29, 0.717) is 18.7 Å². The van der Waals surface area contributed by atoms with Crippen LogP contribution in [0.25, 0.3) is 11.0 Å². The molecule has 0 saturated carbocycles. The van der Waals surface area contributed by atoms with E-state index in [9.17, 15) is 22.8 Å². The average Bonchev–Trinajstić information content (AvgIpc) is 2.82. The van der Waals surface area contributed by atoms with Gasteiger partial charge in [0.25, 0.3) is 11.5 Å². The van der Waals surface area contributed by atoms with Gasteiger partial charge in [0.15, 0.2) is 5.52 Å². The molecule has 3 aromatic heterocycles. The van der Waals surface area contributed by atoms with Crippen molar-refractivity contribution < 1.29 is 27.4 Å². The van der Waals surface area contributed by atoms with Gasteiger partial charge in [-0.05, 0) is 26.0 Å². The maximum atomic E-state index is 13.8. The second-order valence-electron chi connectivity index (χ2n) is 9.45. The molecule has 1 fully saturated rings. The van der Waals surface area contributed by atoms with Gasteiger partial charge >= 0.3 is 6.18 Å². The molecule has 1 aliphatic rings. The first-order valence-corrected chi connectivity index (χ1v) is 11.8. The van der Waals surface area contributed by atoms with Gasteiger partial charge in [-0.25, -0.2) is 15.0 Å².